The predicted octanol–water partition coefficient (Wildman–Crippen LogP) is 2.81. The van der Waals surface area contributed by atoms with Gasteiger partial charge in [-0.05, 0) is 37.6 Å². The largest absolute Gasteiger partial charge is 0.423 e. The molecular weight excluding hydrogens is 414 g/mol. The van der Waals surface area contributed by atoms with E-state index in [1.807, 2.05) is 43.3 Å². The third-order valence-corrected chi connectivity index (χ3v) is 6.85. The summed E-state index contributed by atoms with van der Waals surface area (Å²) in [7, 11) is 0. The zero-order valence-electron chi connectivity index (χ0n) is 17.2. The van der Waals surface area contributed by atoms with Crippen LogP contribution in [-0.2, 0) is 13.0 Å². The lowest BCUT2D eigenvalue weighted by Crippen LogP contribution is -2.45. The van der Waals surface area contributed by atoms with E-state index in [-0.39, 0.29) is 23.8 Å². The van der Waals surface area contributed by atoms with E-state index in [0.717, 1.165) is 36.4 Å². The molecule has 5 rings (SSSR count). The average molecular weight is 438 g/mol. The first-order valence-corrected chi connectivity index (χ1v) is 11.3. The van der Waals surface area contributed by atoms with Crippen molar-refractivity contribution >= 4 is 21.6 Å². The predicted molar refractivity (Wildman–Crippen MR) is 120 cm³/mol. The Morgan fingerprint density at radius 2 is 1.87 bits per heavy atom. The Morgan fingerprint density at radius 1 is 1.13 bits per heavy atom. The van der Waals surface area contributed by atoms with Crippen molar-refractivity contribution < 1.29 is 4.42 Å². The fraction of sp³-hybridized carbons (Fsp3) is 0.364. The van der Waals surface area contributed by atoms with E-state index in [2.05, 4.69) is 15.5 Å². The molecular formula is C22H23N5O3S. The third-order valence-electron chi connectivity index (χ3n) is 5.69. The molecule has 4 aromatic rings. The van der Waals surface area contributed by atoms with Gasteiger partial charge in [-0.2, -0.15) is 0 Å². The standard InChI is InChI=1S/C22H23N5O3S/c1-2-18-24-25-19(30-18)13-26-16-12-17(14-6-4-3-5-7-14)31-20(16)21(28)27(22(26)29)15-8-10-23-11-9-15/h3-7,12,15,23H,2,8-11,13H2,1H3. The van der Waals surface area contributed by atoms with Crippen LogP contribution in [0.5, 0.6) is 0 Å². The second-order valence-electron chi connectivity index (χ2n) is 7.66. The number of nitrogens with one attached hydrogen (secondary N) is 1. The molecule has 0 bridgehead atoms. The molecule has 0 unspecified atom stereocenters. The van der Waals surface area contributed by atoms with Crippen molar-refractivity contribution in [2.75, 3.05) is 13.1 Å². The minimum absolute atomic E-state index is 0.118. The van der Waals surface area contributed by atoms with Gasteiger partial charge in [-0.15, -0.1) is 21.5 Å². The van der Waals surface area contributed by atoms with E-state index in [0.29, 0.717) is 28.4 Å². The van der Waals surface area contributed by atoms with Gasteiger partial charge in [-0.1, -0.05) is 37.3 Å². The number of thiophene rings is 1. The van der Waals surface area contributed by atoms with Crippen LogP contribution in [0, 0.1) is 0 Å². The van der Waals surface area contributed by atoms with Crippen LogP contribution >= 0.6 is 11.3 Å². The van der Waals surface area contributed by atoms with Gasteiger partial charge in [0.15, 0.2) is 0 Å². The zero-order valence-corrected chi connectivity index (χ0v) is 18.0. The maximum absolute atomic E-state index is 13.5. The Hall–Kier alpha value is -3.04. The number of benzene rings is 1. The molecule has 1 aliphatic heterocycles. The molecule has 31 heavy (non-hydrogen) atoms. The third kappa shape index (κ3) is 3.64. The molecule has 0 aliphatic carbocycles. The maximum atomic E-state index is 13.5. The molecule has 0 spiro atoms. The highest BCUT2D eigenvalue weighted by molar-refractivity contribution is 7.22. The van der Waals surface area contributed by atoms with E-state index >= 15 is 0 Å². The first-order valence-electron chi connectivity index (χ1n) is 10.5. The number of aryl methyl sites for hydroxylation is 1. The van der Waals surface area contributed by atoms with E-state index in [9.17, 15) is 9.59 Å². The molecule has 1 fully saturated rings. The van der Waals surface area contributed by atoms with Crippen LogP contribution in [0.2, 0.25) is 0 Å². The average Bonchev–Trinajstić information content (AvgIpc) is 3.45. The molecule has 0 radical (unpaired) electrons. The van der Waals surface area contributed by atoms with Gasteiger partial charge in [0.25, 0.3) is 5.56 Å². The van der Waals surface area contributed by atoms with Crippen molar-refractivity contribution in [1.29, 1.82) is 0 Å². The van der Waals surface area contributed by atoms with Gasteiger partial charge in [0, 0.05) is 17.3 Å². The van der Waals surface area contributed by atoms with Gasteiger partial charge in [0.05, 0.1) is 5.52 Å². The summed E-state index contributed by atoms with van der Waals surface area (Å²) >= 11 is 1.42. The molecule has 1 aromatic carbocycles. The Kier molecular flexibility index (Phi) is 5.29. The van der Waals surface area contributed by atoms with E-state index < -0.39 is 0 Å². The van der Waals surface area contributed by atoms with Crippen molar-refractivity contribution in [3.8, 4) is 10.4 Å². The van der Waals surface area contributed by atoms with Gasteiger partial charge in [-0.25, -0.2) is 4.79 Å². The van der Waals surface area contributed by atoms with Crippen molar-refractivity contribution in [3.63, 3.8) is 0 Å². The van der Waals surface area contributed by atoms with Gasteiger partial charge in [0.2, 0.25) is 11.8 Å². The van der Waals surface area contributed by atoms with Gasteiger partial charge < -0.3 is 9.73 Å². The van der Waals surface area contributed by atoms with Crippen molar-refractivity contribution in [1.82, 2.24) is 24.6 Å². The van der Waals surface area contributed by atoms with Crippen LogP contribution in [-0.4, -0.2) is 32.4 Å². The van der Waals surface area contributed by atoms with Crippen LogP contribution in [0.25, 0.3) is 20.7 Å². The second kappa shape index (κ2) is 8.24. The fourth-order valence-electron chi connectivity index (χ4n) is 4.08. The van der Waals surface area contributed by atoms with Crippen LogP contribution < -0.4 is 16.6 Å². The molecule has 3 aromatic heterocycles. The van der Waals surface area contributed by atoms with E-state index in [1.54, 1.807) is 4.57 Å². The summed E-state index contributed by atoms with van der Waals surface area (Å²) < 4.78 is 9.29. The summed E-state index contributed by atoms with van der Waals surface area (Å²) in [6.45, 7) is 3.65. The Morgan fingerprint density at radius 3 is 2.58 bits per heavy atom. The van der Waals surface area contributed by atoms with Crippen molar-refractivity contribution in [2.45, 2.75) is 38.8 Å². The summed E-state index contributed by atoms with van der Waals surface area (Å²) in [4.78, 5) is 27.9. The lowest BCUT2D eigenvalue weighted by atomic mass is 10.1. The summed E-state index contributed by atoms with van der Waals surface area (Å²) in [5, 5.41) is 11.4. The summed E-state index contributed by atoms with van der Waals surface area (Å²) in [6, 6.07) is 11.7. The second-order valence-corrected chi connectivity index (χ2v) is 8.71. The fourth-order valence-corrected chi connectivity index (χ4v) is 5.18. The minimum atomic E-state index is -0.321. The molecule has 0 atom stereocenters. The molecule has 8 nitrogen and oxygen atoms in total. The normalized spacial score (nSPS) is 15.0. The Bertz CT molecular complexity index is 1330. The Labute approximate surface area is 182 Å². The highest BCUT2D eigenvalue weighted by Crippen LogP contribution is 2.32. The lowest BCUT2D eigenvalue weighted by Gasteiger charge is -2.24. The van der Waals surface area contributed by atoms with Gasteiger partial charge in [0.1, 0.15) is 11.2 Å². The number of aromatic nitrogens is 4. The minimum Gasteiger partial charge on any atom is -0.423 e. The first kappa shape index (κ1) is 19.9. The molecule has 0 saturated carbocycles. The quantitative estimate of drug-likeness (QED) is 0.516. The first-order chi connectivity index (χ1) is 15.2. The van der Waals surface area contributed by atoms with Crippen LogP contribution in [0.3, 0.4) is 0 Å². The smallest absolute Gasteiger partial charge is 0.332 e. The zero-order chi connectivity index (χ0) is 21.4. The molecule has 160 valence electrons. The number of rotatable bonds is 5. The molecule has 4 heterocycles. The lowest BCUT2D eigenvalue weighted by molar-refractivity contribution is 0.344. The van der Waals surface area contributed by atoms with Gasteiger partial charge >= 0.3 is 5.69 Å². The number of hydrogen-bond acceptors (Lipinski definition) is 7. The molecule has 1 aliphatic rings. The summed E-state index contributed by atoms with van der Waals surface area (Å²) in [5.74, 6) is 0.893. The number of nitrogens with zero attached hydrogens (tertiary/aromatic N) is 4. The number of hydrogen-bond donors (Lipinski definition) is 1. The van der Waals surface area contributed by atoms with E-state index in [4.69, 9.17) is 4.42 Å². The van der Waals surface area contributed by atoms with Crippen LogP contribution in [0.1, 0.15) is 37.6 Å². The highest BCUT2D eigenvalue weighted by atomic mass is 32.1. The highest BCUT2D eigenvalue weighted by Gasteiger charge is 2.24. The molecule has 1 N–H and O–H groups in total. The maximum Gasteiger partial charge on any atom is 0.332 e. The number of fused-ring (bicyclic) bond motifs is 1. The van der Waals surface area contributed by atoms with Crippen LogP contribution in [0.15, 0.2) is 50.4 Å². The Balaban J connectivity index is 1.72. The topological polar surface area (TPSA) is 95.0 Å². The van der Waals surface area contributed by atoms with Crippen LogP contribution in [0.4, 0.5) is 0 Å². The molecule has 0 amide bonds. The molecule has 9 heteroatoms. The van der Waals surface area contributed by atoms with Crippen molar-refractivity contribution in [3.05, 3.63) is 69.0 Å². The monoisotopic (exact) mass is 437 g/mol. The van der Waals surface area contributed by atoms with E-state index in [1.165, 1.54) is 15.9 Å². The summed E-state index contributed by atoms with van der Waals surface area (Å²) in [6.07, 6.45) is 2.12. The van der Waals surface area contributed by atoms with Gasteiger partial charge in [-0.3, -0.25) is 13.9 Å². The number of piperidine rings is 1. The molecule has 1 saturated heterocycles. The SMILES string of the molecule is CCc1nnc(Cn2c(=O)n(C3CCNCC3)c(=O)c3sc(-c4ccccc4)cc32)o1. The van der Waals surface area contributed by atoms with Crippen molar-refractivity contribution in [2.24, 2.45) is 0 Å². The summed E-state index contributed by atoms with van der Waals surface area (Å²) in [5.41, 5.74) is 1.09.